The molecule has 58 heavy (non-hydrogen) atoms. The highest BCUT2D eigenvalue weighted by Crippen LogP contribution is 2.42. The van der Waals surface area contributed by atoms with E-state index in [1.54, 1.807) is 0 Å². The first-order valence-corrected chi connectivity index (χ1v) is 20.3. The summed E-state index contributed by atoms with van der Waals surface area (Å²) in [6.45, 7) is 8.79. The number of hydrogen-bond acceptors (Lipinski definition) is 1. The molecule has 0 N–H and O–H groups in total. The van der Waals surface area contributed by atoms with Gasteiger partial charge in [-0.15, -0.1) is 0 Å². The first-order chi connectivity index (χ1) is 28.5. The molecule has 0 fully saturated rings. The number of hydrogen-bond donors (Lipinski definition) is 0. The van der Waals surface area contributed by atoms with Crippen molar-refractivity contribution in [3.63, 3.8) is 0 Å². The molecule has 0 amide bonds. The van der Waals surface area contributed by atoms with E-state index in [9.17, 15) is 0 Å². The fourth-order valence-electron chi connectivity index (χ4n) is 8.04. The van der Waals surface area contributed by atoms with E-state index < -0.39 is 0 Å². The lowest BCUT2D eigenvalue weighted by Gasteiger charge is -2.29. The van der Waals surface area contributed by atoms with Crippen molar-refractivity contribution in [2.45, 2.75) is 34.1 Å². The number of anilines is 3. The van der Waals surface area contributed by atoms with Crippen LogP contribution in [0, 0.1) is 20.8 Å². The van der Waals surface area contributed by atoms with Crippen LogP contribution in [0.15, 0.2) is 206 Å². The van der Waals surface area contributed by atoms with E-state index in [0.29, 0.717) is 0 Å². The van der Waals surface area contributed by atoms with Gasteiger partial charge in [0.25, 0.3) is 0 Å². The Bertz CT molecular complexity index is 2710. The molecular formula is C57H49N. The zero-order valence-electron chi connectivity index (χ0n) is 33.9. The Morgan fingerprint density at radius 3 is 1.55 bits per heavy atom. The minimum atomic E-state index is 0.954. The van der Waals surface area contributed by atoms with Crippen molar-refractivity contribution in [1.82, 2.24) is 0 Å². The summed E-state index contributed by atoms with van der Waals surface area (Å²) in [7, 11) is 0. The molecule has 8 aromatic rings. The van der Waals surface area contributed by atoms with Crippen LogP contribution in [0.2, 0.25) is 0 Å². The van der Waals surface area contributed by atoms with E-state index in [4.69, 9.17) is 0 Å². The number of fused-ring (bicyclic) bond motifs is 1. The molecule has 0 aliphatic heterocycles. The van der Waals surface area contributed by atoms with Gasteiger partial charge in [0.1, 0.15) is 0 Å². The molecule has 1 nitrogen and oxygen atoms in total. The van der Waals surface area contributed by atoms with Crippen molar-refractivity contribution in [3.8, 4) is 0 Å². The molecule has 1 heteroatoms. The zero-order valence-corrected chi connectivity index (χ0v) is 33.9. The monoisotopic (exact) mass is 747 g/mol. The van der Waals surface area contributed by atoms with Gasteiger partial charge in [-0.3, -0.25) is 0 Å². The van der Waals surface area contributed by atoms with Crippen molar-refractivity contribution >= 4 is 50.6 Å². The second kappa shape index (κ2) is 17.5. The smallest absolute Gasteiger partial charge is 0.0540 e. The maximum Gasteiger partial charge on any atom is 0.0540 e. The predicted octanol–water partition coefficient (Wildman–Crippen LogP) is 15.7. The SMILES string of the molecule is CC/C(=C/c1ccc(N(c2ccc(/C(=C/C=C(c3ccccc3)c3ccccc3)c3cccc(C)c3)cc2)c2ccc(C)cc2C)c2ccccc12)c1ccccc1. The van der Waals surface area contributed by atoms with E-state index in [-0.39, 0.29) is 0 Å². The number of nitrogens with zero attached hydrogens (tertiary/aromatic N) is 1. The second-order valence-electron chi connectivity index (χ2n) is 15.0. The summed E-state index contributed by atoms with van der Waals surface area (Å²) >= 11 is 0. The van der Waals surface area contributed by atoms with Crippen molar-refractivity contribution in [2.75, 3.05) is 4.90 Å². The van der Waals surface area contributed by atoms with Gasteiger partial charge in [-0.05, 0) is 113 Å². The van der Waals surface area contributed by atoms with Crippen molar-refractivity contribution < 1.29 is 0 Å². The normalized spacial score (nSPS) is 11.7. The van der Waals surface area contributed by atoms with E-state index in [0.717, 1.165) is 29.0 Å². The molecule has 0 radical (unpaired) electrons. The third-order valence-corrected chi connectivity index (χ3v) is 11.0. The Labute approximate surface area is 344 Å². The Kier molecular flexibility index (Phi) is 11.4. The lowest BCUT2D eigenvalue weighted by atomic mass is 9.93. The first-order valence-electron chi connectivity index (χ1n) is 20.3. The molecule has 0 aromatic heterocycles. The molecule has 0 saturated carbocycles. The Hall–Kier alpha value is -6.96. The van der Waals surface area contributed by atoms with Gasteiger partial charge in [0.15, 0.2) is 0 Å². The van der Waals surface area contributed by atoms with Crippen LogP contribution in [0.1, 0.15) is 63.4 Å². The summed E-state index contributed by atoms with van der Waals surface area (Å²) in [4.78, 5) is 2.44. The van der Waals surface area contributed by atoms with Gasteiger partial charge in [-0.25, -0.2) is 0 Å². The van der Waals surface area contributed by atoms with Crippen LogP contribution in [-0.4, -0.2) is 0 Å². The van der Waals surface area contributed by atoms with Crippen LogP contribution in [0.25, 0.3) is 33.6 Å². The highest BCUT2D eigenvalue weighted by atomic mass is 15.1. The number of allylic oxidation sites excluding steroid dienone is 3. The van der Waals surface area contributed by atoms with Gasteiger partial charge < -0.3 is 4.90 Å². The molecule has 0 spiro atoms. The summed E-state index contributed by atoms with van der Waals surface area (Å²) in [6.07, 6.45) is 7.89. The van der Waals surface area contributed by atoms with Crippen LogP contribution in [0.3, 0.4) is 0 Å². The van der Waals surface area contributed by atoms with Crippen LogP contribution >= 0.6 is 0 Å². The molecule has 0 aliphatic rings. The molecule has 0 saturated heterocycles. The summed E-state index contributed by atoms with van der Waals surface area (Å²) in [5.74, 6) is 0. The number of aryl methyl sites for hydroxylation is 3. The van der Waals surface area contributed by atoms with Crippen LogP contribution < -0.4 is 4.90 Å². The Morgan fingerprint density at radius 1 is 0.431 bits per heavy atom. The molecule has 282 valence electrons. The third kappa shape index (κ3) is 8.26. The first kappa shape index (κ1) is 37.9. The van der Waals surface area contributed by atoms with Gasteiger partial charge in [0.05, 0.1) is 5.69 Å². The van der Waals surface area contributed by atoms with Gasteiger partial charge in [-0.2, -0.15) is 0 Å². The Morgan fingerprint density at radius 2 is 0.948 bits per heavy atom. The standard InChI is InChI=1S/C57H49N/c1-5-44(45-19-9-6-10-20-45)40-50-31-37-57(55-27-16-15-26-54(50)55)58(56-36-28-42(3)38-43(56)4)51-32-29-48(30-33-51)53(49-25-17-18-41(2)39-49)35-34-52(46-21-11-7-12-22-46)47-23-13-8-14-24-47/h6-40H,5H2,1-4H3/b44-40-,53-35-. The van der Waals surface area contributed by atoms with Crippen molar-refractivity contribution in [3.05, 3.63) is 256 Å². The molecule has 8 aromatic carbocycles. The summed E-state index contributed by atoms with van der Waals surface area (Å²) < 4.78 is 0. The average Bonchev–Trinajstić information content (AvgIpc) is 3.27. The number of benzene rings is 8. The second-order valence-corrected chi connectivity index (χ2v) is 15.0. The summed E-state index contributed by atoms with van der Waals surface area (Å²) in [6, 6.07) is 70.2. The summed E-state index contributed by atoms with van der Waals surface area (Å²) in [5, 5.41) is 2.45. The molecular weight excluding hydrogens is 699 g/mol. The fourth-order valence-corrected chi connectivity index (χ4v) is 8.04. The van der Waals surface area contributed by atoms with Gasteiger partial charge in [-0.1, -0.05) is 206 Å². The van der Waals surface area contributed by atoms with Crippen LogP contribution in [0.4, 0.5) is 17.1 Å². The molecule has 0 atom stereocenters. The van der Waals surface area contributed by atoms with Gasteiger partial charge in [0.2, 0.25) is 0 Å². The van der Waals surface area contributed by atoms with E-state index in [1.165, 1.54) is 72.0 Å². The minimum absolute atomic E-state index is 0.954. The largest absolute Gasteiger partial charge is 0.310 e. The molecule has 0 heterocycles. The third-order valence-electron chi connectivity index (χ3n) is 11.0. The lowest BCUT2D eigenvalue weighted by molar-refractivity contribution is 1.24. The van der Waals surface area contributed by atoms with Crippen molar-refractivity contribution in [1.29, 1.82) is 0 Å². The maximum absolute atomic E-state index is 2.44. The average molecular weight is 748 g/mol. The molecule has 0 bridgehead atoms. The highest BCUT2D eigenvalue weighted by Gasteiger charge is 2.19. The highest BCUT2D eigenvalue weighted by molar-refractivity contribution is 6.04. The van der Waals surface area contributed by atoms with E-state index >= 15 is 0 Å². The Balaban J connectivity index is 1.27. The maximum atomic E-state index is 2.44. The molecule has 0 unspecified atom stereocenters. The molecule has 8 rings (SSSR count). The van der Waals surface area contributed by atoms with E-state index in [2.05, 4.69) is 245 Å². The van der Waals surface area contributed by atoms with Crippen LogP contribution in [-0.2, 0) is 0 Å². The predicted molar refractivity (Wildman–Crippen MR) is 251 cm³/mol. The number of rotatable bonds is 11. The van der Waals surface area contributed by atoms with Crippen molar-refractivity contribution in [2.24, 2.45) is 0 Å². The van der Waals surface area contributed by atoms with Gasteiger partial charge >= 0.3 is 0 Å². The zero-order chi connectivity index (χ0) is 39.8. The van der Waals surface area contributed by atoms with Crippen LogP contribution in [0.5, 0.6) is 0 Å². The summed E-state index contributed by atoms with van der Waals surface area (Å²) in [5.41, 5.74) is 18.0. The quantitative estimate of drug-likeness (QED) is 0.0941. The molecule has 0 aliphatic carbocycles. The van der Waals surface area contributed by atoms with Gasteiger partial charge in [0, 0.05) is 16.8 Å². The fraction of sp³-hybridized carbons (Fsp3) is 0.0877. The lowest BCUT2D eigenvalue weighted by Crippen LogP contribution is -2.12. The minimum Gasteiger partial charge on any atom is -0.310 e. The van der Waals surface area contributed by atoms with E-state index in [1.807, 2.05) is 0 Å². The topological polar surface area (TPSA) is 3.24 Å².